The van der Waals surface area contributed by atoms with Crippen molar-refractivity contribution in [1.29, 1.82) is 0 Å². The molecule has 2 atom stereocenters. The van der Waals surface area contributed by atoms with Gasteiger partial charge < -0.3 is 20.6 Å². The first-order chi connectivity index (χ1) is 10.7. The molecule has 3 heterocycles. The summed E-state index contributed by atoms with van der Waals surface area (Å²) in [6.45, 7) is 0. The molecule has 0 radical (unpaired) electrons. The molecule has 5 nitrogen and oxygen atoms in total. The van der Waals surface area contributed by atoms with Gasteiger partial charge in [-0.15, -0.1) is 0 Å². The number of nitrogens with two attached hydrogens (primary N) is 1. The molecule has 22 heavy (non-hydrogen) atoms. The second kappa shape index (κ2) is 5.41. The summed E-state index contributed by atoms with van der Waals surface area (Å²) in [4.78, 5) is 7.46. The maximum absolute atomic E-state index is 9.71. The molecule has 1 fully saturated rings. The van der Waals surface area contributed by atoms with Crippen molar-refractivity contribution in [2.45, 2.75) is 44.4 Å². The minimum atomic E-state index is -0.997. The van der Waals surface area contributed by atoms with Crippen LogP contribution in [0.3, 0.4) is 0 Å². The number of rotatable bonds is 2. The average Bonchev–Trinajstić information content (AvgIpc) is 3.01. The van der Waals surface area contributed by atoms with Gasteiger partial charge in [-0.25, -0.2) is 0 Å². The van der Waals surface area contributed by atoms with Gasteiger partial charge in [0.1, 0.15) is 18.1 Å². The van der Waals surface area contributed by atoms with Gasteiger partial charge in [0.2, 0.25) is 0 Å². The van der Waals surface area contributed by atoms with Crippen LogP contribution in [0.5, 0.6) is 5.75 Å². The molecule has 1 aliphatic heterocycles. The van der Waals surface area contributed by atoms with E-state index in [4.69, 9.17) is 10.5 Å². The van der Waals surface area contributed by atoms with Crippen molar-refractivity contribution in [1.82, 2.24) is 9.97 Å². The van der Waals surface area contributed by atoms with Crippen LogP contribution in [0, 0.1) is 5.92 Å². The van der Waals surface area contributed by atoms with Crippen molar-refractivity contribution in [3.8, 4) is 17.0 Å². The van der Waals surface area contributed by atoms with Crippen LogP contribution in [0.15, 0.2) is 24.5 Å². The fraction of sp³-hybridized carbons (Fsp3) is 0.471. The molecular formula is C17H21N3O2. The topological polar surface area (TPSA) is 84.2 Å². The largest absolute Gasteiger partial charge is 0.483 e. The lowest BCUT2D eigenvalue weighted by Crippen LogP contribution is -2.24. The molecule has 2 aromatic rings. The summed E-state index contributed by atoms with van der Waals surface area (Å²) in [5.41, 5.74) is 9.40. The molecule has 2 aliphatic rings. The monoisotopic (exact) mass is 299 g/mol. The number of nitrogens with one attached hydrogen (secondary N) is 1. The first-order valence-electron chi connectivity index (χ1n) is 8.01. The number of aromatic nitrogens is 2. The quantitative estimate of drug-likeness (QED) is 0.744. The first-order valence-corrected chi connectivity index (χ1v) is 8.01. The van der Waals surface area contributed by atoms with Gasteiger partial charge in [0, 0.05) is 23.2 Å². The molecule has 0 saturated heterocycles. The van der Waals surface area contributed by atoms with Crippen LogP contribution in [-0.4, -0.2) is 15.1 Å². The molecule has 1 saturated carbocycles. The number of ether oxygens (including phenoxy) is 1. The Balaban J connectivity index is 1.80. The maximum atomic E-state index is 9.71. The Hall–Kier alpha value is -1.85. The molecular weight excluding hydrogens is 278 g/mol. The van der Waals surface area contributed by atoms with E-state index >= 15 is 0 Å². The zero-order chi connectivity index (χ0) is 15.1. The molecule has 4 rings (SSSR count). The highest BCUT2D eigenvalue weighted by atomic mass is 16.5. The van der Waals surface area contributed by atoms with Gasteiger partial charge in [-0.1, -0.05) is 19.3 Å². The lowest BCUT2D eigenvalue weighted by Gasteiger charge is -2.34. The second-order valence-corrected chi connectivity index (χ2v) is 6.31. The third-order valence-electron chi connectivity index (χ3n) is 4.88. The van der Waals surface area contributed by atoms with E-state index in [0.29, 0.717) is 11.6 Å². The summed E-state index contributed by atoms with van der Waals surface area (Å²) in [6.07, 6.45) is 8.76. The van der Waals surface area contributed by atoms with Crippen molar-refractivity contribution in [2.24, 2.45) is 11.7 Å². The summed E-state index contributed by atoms with van der Waals surface area (Å²) < 4.78 is 6.29. The van der Waals surface area contributed by atoms with Crippen molar-refractivity contribution < 1.29 is 9.84 Å². The minimum Gasteiger partial charge on any atom is -0.483 e. The molecule has 116 valence electrons. The second-order valence-electron chi connectivity index (χ2n) is 6.31. The zero-order valence-electron chi connectivity index (χ0n) is 12.5. The van der Waals surface area contributed by atoms with Crippen LogP contribution >= 0.6 is 0 Å². The highest BCUT2D eigenvalue weighted by Crippen LogP contribution is 2.47. The van der Waals surface area contributed by atoms with Gasteiger partial charge in [-0.3, -0.25) is 4.98 Å². The molecule has 0 spiro atoms. The van der Waals surface area contributed by atoms with Crippen LogP contribution in [0.2, 0.25) is 0 Å². The first kappa shape index (κ1) is 13.8. The SMILES string of the molecule is NC(O)c1cc2c([nH]1)-c1ccncc1O[C@H]2C1CCCCC1. The van der Waals surface area contributed by atoms with Gasteiger partial charge in [-0.2, -0.15) is 0 Å². The number of fused-ring (bicyclic) bond motifs is 3. The van der Waals surface area contributed by atoms with Crippen LogP contribution in [0.25, 0.3) is 11.3 Å². The Morgan fingerprint density at radius 3 is 2.91 bits per heavy atom. The lowest BCUT2D eigenvalue weighted by molar-refractivity contribution is 0.105. The van der Waals surface area contributed by atoms with E-state index in [1.54, 1.807) is 12.4 Å². The molecule has 5 heteroatoms. The number of aromatic amines is 1. The van der Waals surface area contributed by atoms with Crippen LogP contribution in [-0.2, 0) is 0 Å². The Morgan fingerprint density at radius 1 is 1.32 bits per heavy atom. The van der Waals surface area contributed by atoms with Gasteiger partial charge in [0.05, 0.1) is 17.6 Å². The summed E-state index contributed by atoms with van der Waals surface area (Å²) in [5, 5.41) is 9.71. The zero-order valence-corrected chi connectivity index (χ0v) is 12.5. The standard InChI is InChI=1S/C17H21N3O2/c18-17(21)13-8-12-15(20-13)11-6-7-19-9-14(11)22-16(12)10-4-2-1-3-5-10/h6-10,16-17,20-21H,1-5,18H2/t16-,17?/m0/s1. The highest BCUT2D eigenvalue weighted by molar-refractivity contribution is 5.73. The Kier molecular flexibility index (Phi) is 3.39. The van der Waals surface area contributed by atoms with Crippen LogP contribution in [0.1, 0.15) is 55.7 Å². The number of hydrogen-bond acceptors (Lipinski definition) is 4. The van der Waals surface area contributed by atoms with Crippen LogP contribution < -0.4 is 10.5 Å². The maximum Gasteiger partial charge on any atom is 0.147 e. The highest BCUT2D eigenvalue weighted by Gasteiger charge is 2.35. The van der Waals surface area contributed by atoms with E-state index < -0.39 is 6.23 Å². The molecule has 0 aromatic carbocycles. The molecule has 0 bridgehead atoms. The van der Waals surface area contributed by atoms with E-state index in [1.165, 1.54) is 32.1 Å². The van der Waals surface area contributed by atoms with Gasteiger partial charge in [0.15, 0.2) is 0 Å². The van der Waals surface area contributed by atoms with E-state index in [9.17, 15) is 5.11 Å². The number of pyridine rings is 1. The van der Waals surface area contributed by atoms with E-state index in [1.807, 2.05) is 12.1 Å². The van der Waals surface area contributed by atoms with Gasteiger partial charge in [0.25, 0.3) is 0 Å². The summed E-state index contributed by atoms with van der Waals surface area (Å²) >= 11 is 0. The van der Waals surface area contributed by atoms with Crippen LogP contribution in [0.4, 0.5) is 0 Å². The Morgan fingerprint density at radius 2 is 2.14 bits per heavy atom. The van der Waals surface area contributed by atoms with E-state index in [2.05, 4.69) is 9.97 Å². The normalized spacial score (nSPS) is 22.5. The number of H-pyrrole nitrogens is 1. The minimum absolute atomic E-state index is 0.0238. The molecule has 1 unspecified atom stereocenters. The fourth-order valence-electron chi connectivity index (χ4n) is 3.77. The predicted molar refractivity (Wildman–Crippen MR) is 83.1 cm³/mol. The molecule has 0 amide bonds. The smallest absolute Gasteiger partial charge is 0.147 e. The summed E-state index contributed by atoms with van der Waals surface area (Å²) in [6, 6.07) is 3.90. The summed E-state index contributed by atoms with van der Waals surface area (Å²) in [5.74, 6) is 1.32. The van der Waals surface area contributed by atoms with Gasteiger partial charge in [-0.05, 0) is 25.0 Å². The Bertz CT molecular complexity index is 674. The van der Waals surface area contributed by atoms with Gasteiger partial charge >= 0.3 is 0 Å². The Labute approximate surface area is 129 Å². The van der Waals surface area contributed by atoms with Crippen molar-refractivity contribution in [2.75, 3.05) is 0 Å². The molecule has 4 N–H and O–H groups in total. The number of aliphatic hydroxyl groups excluding tert-OH is 1. The van der Waals surface area contributed by atoms with Crippen molar-refractivity contribution in [3.63, 3.8) is 0 Å². The van der Waals surface area contributed by atoms with E-state index in [0.717, 1.165) is 22.6 Å². The third kappa shape index (κ3) is 2.21. The van der Waals surface area contributed by atoms with E-state index in [-0.39, 0.29) is 6.10 Å². The third-order valence-corrected chi connectivity index (χ3v) is 4.88. The predicted octanol–water partition coefficient (Wildman–Crippen LogP) is 3.04. The number of nitrogens with zero attached hydrogens (tertiary/aromatic N) is 1. The fourth-order valence-corrected chi connectivity index (χ4v) is 3.77. The number of aliphatic hydroxyl groups is 1. The molecule has 2 aromatic heterocycles. The summed E-state index contributed by atoms with van der Waals surface area (Å²) in [7, 11) is 0. The van der Waals surface area contributed by atoms with Crippen molar-refractivity contribution >= 4 is 0 Å². The average molecular weight is 299 g/mol. The van der Waals surface area contributed by atoms with Crippen molar-refractivity contribution in [3.05, 3.63) is 35.8 Å². The number of hydrogen-bond donors (Lipinski definition) is 3. The molecule has 1 aliphatic carbocycles. The lowest BCUT2D eigenvalue weighted by atomic mass is 9.81.